The Kier molecular flexibility index (Phi) is 8.24. The molecule has 0 spiro atoms. The van der Waals surface area contributed by atoms with Crippen molar-refractivity contribution in [2.24, 2.45) is 0 Å². The van der Waals surface area contributed by atoms with Gasteiger partial charge in [0.05, 0.1) is 27.9 Å². The maximum absolute atomic E-state index is 9.82. The van der Waals surface area contributed by atoms with E-state index in [1.165, 1.54) is 27.6 Å². The van der Waals surface area contributed by atoms with Crippen molar-refractivity contribution in [2.45, 2.75) is 19.3 Å². The first kappa shape index (κ1) is 35.6. The molecule has 322 valence electrons. The van der Waals surface area contributed by atoms with E-state index >= 15 is 0 Å². The van der Waals surface area contributed by atoms with Crippen LogP contribution in [-0.2, 0) is 5.41 Å². The highest BCUT2D eigenvalue weighted by Crippen LogP contribution is 2.52. The fraction of sp³-hybridized carbons (Fsp3) is 0.0462. The van der Waals surface area contributed by atoms with Crippen LogP contribution in [0.3, 0.4) is 0 Å². The third kappa shape index (κ3) is 6.27. The van der Waals surface area contributed by atoms with E-state index in [9.17, 15) is 5.48 Å². The molecule has 1 aromatic heterocycles. The van der Waals surface area contributed by atoms with Crippen LogP contribution in [0.1, 0.15) is 30.5 Å². The molecule has 0 radical (unpaired) electrons. The van der Waals surface area contributed by atoms with Gasteiger partial charge in [-0.15, -0.1) is 0 Å². The standard InChI is InChI=1S/C65H47N3/c1-65(2)59-30-13-11-25-54(59)55-40-38-49(42-60(55)65)67(50-39-41-58-57-26-12-14-31-63(57)68(64(58)43-50)47-22-7-4-8-23-47)62-33-17-28-53-51(27-16-29-56(53)62)45-34-36-48(37-35-45)66(46-20-5-3-6-21-46)61-32-15-19-44-18-9-10-24-52(44)61/h3-43H,1-2H3/i34D,35D,36D,37D. The van der Waals surface area contributed by atoms with Crippen molar-refractivity contribution < 1.29 is 5.48 Å². The Labute approximate surface area is 402 Å². The molecule has 0 saturated carbocycles. The predicted octanol–water partition coefficient (Wildman–Crippen LogP) is 18.0. The second-order valence-electron chi connectivity index (χ2n) is 18.2. The van der Waals surface area contributed by atoms with Gasteiger partial charge in [-0.2, -0.15) is 0 Å². The summed E-state index contributed by atoms with van der Waals surface area (Å²) < 4.78 is 41.6. The van der Waals surface area contributed by atoms with Gasteiger partial charge in [-0.25, -0.2) is 0 Å². The normalized spacial score (nSPS) is 13.5. The van der Waals surface area contributed by atoms with E-state index in [2.05, 4.69) is 151 Å². The molecule has 13 rings (SSSR count). The topological polar surface area (TPSA) is 11.4 Å². The summed E-state index contributed by atoms with van der Waals surface area (Å²) in [6, 6.07) is 77.0. The first-order chi connectivity index (χ1) is 35.2. The summed E-state index contributed by atoms with van der Waals surface area (Å²) in [4.78, 5) is 4.22. The van der Waals surface area contributed by atoms with Crippen LogP contribution in [0.4, 0.5) is 34.1 Å². The lowest BCUT2D eigenvalue weighted by Crippen LogP contribution is -2.16. The van der Waals surface area contributed by atoms with Crippen LogP contribution in [0.15, 0.2) is 249 Å². The molecule has 68 heavy (non-hydrogen) atoms. The number of para-hydroxylation sites is 3. The Bertz CT molecular complexity index is 4110. The molecule has 0 atom stereocenters. The number of rotatable bonds is 8. The van der Waals surface area contributed by atoms with E-state index in [0.717, 1.165) is 72.1 Å². The minimum absolute atomic E-state index is 0.110. The Morgan fingerprint density at radius 2 is 0.926 bits per heavy atom. The van der Waals surface area contributed by atoms with E-state index in [0.29, 0.717) is 5.56 Å². The minimum atomic E-state index is -0.240. The summed E-state index contributed by atoms with van der Waals surface area (Å²) in [5.41, 5.74) is 13.6. The molecular weight excluding hydrogens is 823 g/mol. The summed E-state index contributed by atoms with van der Waals surface area (Å²) in [6.45, 7) is 4.62. The molecule has 0 saturated heterocycles. The first-order valence-electron chi connectivity index (χ1n) is 25.3. The molecule has 3 nitrogen and oxygen atoms in total. The zero-order valence-electron chi connectivity index (χ0n) is 41.7. The van der Waals surface area contributed by atoms with Gasteiger partial charge >= 0.3 is 0 Å². The highest BCUT2D eigenvalue weighted by Gasteiger charge is 2.36. The lowest BCUT2D eigenvalue weighted by atomic mass is 9.82. The molecule has 0 N–H and O–H groups in total. The molecular formula is C65H47N3. The molecule has 0 aliphatic heterocycles. The molecule has 1 heterocycles. The number of aromatic nitrogens is 1. The van der Waals surface area contributed by atoms with Crippen molar-refractivity contribution in [3.8, 4) is 27.9 Å². The highest BCUT2D eigenvalue weighted by molar-refractivity contribution is 6.12. The van der Waals surface area contributed by atoms with Gasteiger partial charge in [0.1, 0.15) is 0 Å². The highest BCUT2D eigenvalue weighted by atomic mass is 15.2. The van der Waals surface area contributed by atoms with Crippen molar-refractivity contribution in [1.29, 1.82) is 0 Å². The second-order valence-corrected chi connectivity index (χ2v) is 18.2. The van der Waals surface area contributed by atoms with Crippen LogP contribution in [0.2, 0.25) is 0 Å². The van der Waals surface area contributed by atoms with E-state index < -0.39 is 0 Å². The van der Waals surface area contributed by atoms with Crippen LogP contribution >= 0.6 is 0 Å². The number of fused-ring (bicyclic) bond motifs is 8. The van der Waals surface area contributed by atoms with Crippen LogP contribution in [-0.4, -0.2) is 4.57 Å². The average Bonchev–Trinajstić information content (AvgIpc) is 3.87. The third-order valence-electron chi connectivity index (χ3n) is 14.0. The van der Waals surface area contributed by atoms with Crippen LogP contribution < -0.4 is 9.80 Å². The summed E-state index contributed by atoms with van der Waals surface area (Å²) >= 11 is 0. The van der Waals surface area contributed by atoms with E-state index in [4.69, 9.17) is 0 Å². The molecule has 1 aliphatic rings. The SMILES string of the molecule is [2H]c1c([2H])c(N(c2ccccc2)c2cccc3ccccc23)c([2H])c([2H])c1-c1cccc2c(N(c3ccc4c(c3)C(C)(C)c3ccccc3-4)c3ccc4c5ccccc5n(-c5ccccc5)c4c3)cccc12. The zero-order chi connectivity index (χ0) is 48.8. The number of benzene rings is 11. The summed E-state index contributed by atoms with van der Waals surface area (Å²) in [5.74, 6) is 0. The Balaban J connectivity index is 1.03. The minimum Gasteiger partial charge on any atom is -0.310 e. The fourth-order valence-electron chi connectivity index (χ4n) is 10.8. The van der Waals surface area contributed by atoms with Crippen molar-refractivity contribution >= 4 is 77.5 Å². The van der Waals surface area contributed by atoms with Gasteiger partial charge in [0, 0.05) is 55.4 Å². The molecule has 12 aromatic rings. The third-order valence-corrected chi connectivity index (χ3v) is 14.0. The summed E-state index contributed by atoms with van der Waals surface area (Å²) in [5, 5.41) is 6.00. The predicted molar refractivity (Wildman–Crippen MR) is 288 cm³/mol. The summed E-state index contributed by atoms with van der Waals surface area (Å²) in [7, 11) is 0. The average molecular weight is 874 g/mol. The van der Waals surface area contributed by atoms with Gasteiger partial charge < -0.3 is 14.4 Å². The largest absolute Gasteiger partial charge is 0.310 e. The lowest BCUT2D eigenvalue weighted by Gasteiger charge is -2.29. The fourth-order valence-corrected chi connectivity index (χ4v) is 10.8. The van der Waals surface area contributed by atoms with E-state index in [-0.39, 0.29) is 40.8 Å². The van der Waals surface area contributed by atoms with E-state index in [1.807, 2.05) is 102 Å². The number of hydrogen-bond acceptors (Lipinski definition) is 2. The van der Waals surface area contributed by atoms with Gasteiger partial charge in [-0.3, -0.25) is 0 Å². The second kappa shape index (κ2) is 15.8. The number of anilines is 6. The van der Waals surface area contributed by atoms with Crippen LogP contribution in [0, 0.1) is 0 Å². The molecule has 1 aliphatic carbocycles. The van der Waals surface area contributed by atoms with Crippen LogP contribution in [0.5, 0.6) is 0 Å². The quantitative estimate of drug-likeness (QED) is 0.151. The van der Waals surface area contributed by atoms with Crippen LogP contribution in [0.25, 0.3) is 71.3 Å². The van der Waals surface area contributed by atoms with Crippen molar-refractivity contribution in [3.05, 3.63) is 260 Å². The molecule has 11 aromatic carbocycles. The van der Waals surface area contributed by atoms with Crippen molar-refractivity contribution in [3.63, 3.8) is 0 Å². The Hall–Kier alpha value is -8.66. The monoisotopic (exact) mass is 873 g/mol. The molecule has 0 amide bonds. The van der Waals surface area contributed by atoms with Gasteiger partial charge in [-0.1, -0.05) is 184 Å². The van der Waals surface area contributed by atoms with Gasteiger partial charge in [0.2, 0.25) is 0 Å². The van der Waals surface area contributed by atoms with Gasteiger partial charge in [0.15, 0.2) is 0 Å². The molecule has 0 fully saturated rings. The Morgan fingerprint density at radius 3 is 1.76 bits per heavy atom. The maximum Gasteiger partial charge on any atom is 0.0645 e. The van der Waals surface area contributed by atoms with Crippen molar-refractivity contribution in [1.82, 2.24) is 4.57 Å². The van der Waals surface area contributed by atoms with E-state index in [1.54, 1.807) is 0 Å². The molecule has 0 unspecified atom stereocenters. The van der Waals surface area contributed by atoms with Crippen molar-refractivity contribution in [2.75, 3.05) is 9.80 Å². The number of hydrogen-bond donors (Lipinski definition) is 0. The lowest BCUT2D eigenvalue weighted by molar-refractivity contribution is 0.660. The smallest absolute Gasteiger partial charge is 0.0645 e. The molecule has 0 bridgehead atoms. The van der Waals surface area contributed by atoms with Gasteiger partial charge in [0.25, 0.3) is 0 Å². The summed E-state index contributed by atoms with van der Waals surface area (Å²) in [6.07, 6.45) is 0. The molecule has 3 heteroatoms. The first-order valence-corrected chi connectivity index (χ1v) is 23.3. The van der Waals surface area contributed by atoms with Gasteiger partial charge in [-0.05, 0) is 123 Å². The number of nitrogens with zero attached hydrogens (tertiary/aromatic N) is 3. The maximum atomic E-state index is 9.82. The zero-order valence-corrected chi connectivity index (χ0v) is 37.7. The Morgan fingerprint density at radius 1 is 0.368 bits per heavy atom.